The number of hydrogen-bond donors (Lipinski definition) is 1. The molecule has 1 aliphatic heterocycles. The summed E-state index contributed by atoms with van der Waals surface area (Å²) in [5.41, 5.74) is 9.02. The summed E-state index contributed by atoms with van der Waals surface area (Å²) in [5.74, 6) is 0. The third-order valence-electron chi connectivity index (χ3n) is 3.95. The zero-order chi connectivity index (χ0) is 17.2. The maximum atomic E-state index is 12.1. The Bertz CT molecular complexity index is 576. The molecule has 0 unspecified atom stereocenters. The first kappa shape index (κ1) is 18.3. The molecule has 0 aromatic heterocycles. The van der Waals surface area contributed by atoms with Gasteiger partial charge in [0.25, 0.3) is 0 Å². The Morgan fingerprint density at radius 2 is 1.87 bits per heavy atom. The van der Waals surface area contributed by atoms with Gasteiger partial charge in [-0.25, -0.2) is 4.79 Å². The van der Waals surface area contributed by atoms with Crippen LogP contribution < -0.4 is 10.6 Å². The number of carbonyl (C=O) groups excluding carboxylic acids is 1. The topological polar surface area (TPSA) is 58.8 Å². The van der Waals surface area contributed by atoms with Crippen LogP contribution in [0, 0.1) is 10.5 Å². The van der Waals surface area contributed by atoms with Crippen molar-refractivity contribution in [2.45, 2.75) is 39.8 Å². The number of ether oxygens (including phenoxy) is 1. The van der Waals surface area contributed by atoms with Crippen molar-refractivity contribution in [1.82, 2.24) is 4.90 Å². The molecule has 1 amide bonds. The maximum Gasteiger partial charge on any atom is 0.410 e. The molecule has 1 saturated heterocycles. The second-order valence-electron chi connectivity index (χ2n) is 6.87. The van der Waals surface area contributed by atoms with Crippen LogP contribution in [0.15, 0.2) is 12.1 Å². The number of halogens is 1. The van der Waals surface area contributed by atoms with Crippen molar-refractivity contribution in [3.63, 3.8) is 0 Å². The lowest BCUT2D eigenvalue weighted by Gasteiger charge is -2.37. The summed E-state index contributed by atoms with van der Waals surface area (Å²) >= 11 is 2.36. The Morgan fingerprint density at radius 1 is 1.26 bits per heavy atom. The Balaban J connectivity index is 2.02. The van der Waals surface area contributed by atoms with Gasteiger partial charge in [-0.15, -0.1) is 0 Å². The lowest BCUT2D eigenvalue weighted by atomic mass is 10.1. The molecule has 1 aliphatic rings. The zero-order valence-electron chi connectivity index (χ0n) is 14.4. The first-order chi connectivity index (χ1) is 10.7. The fourth-order valence-corrected chi connectivity index (χ4v) is 3.25. The number of nitrogens with two attached hydrogens (primary N) is 1. The molecule has 23 heavy (non-hydrogen) atoms. The van der Waals surface area contributed by atoms with Gasteiger partial charge in [-0.3, -0.25) is 0 Å². The minimum absolute atomic E-state index is 0.224. The molecule has 0 bridgehead atoms. The summed E-state index contributed by atoms with van der Waals surface area (Å²) in [4.78, 5) is 16.2. The SMILES string of the molecule is Cc1c(I)cc(N2CCN(C(=O)OC(C)(C)C)CC2)cc1CN. The predicted octanol–water partition coefficient (Wildman–Crippen LogP) is 3.12. The number of nitrogens with zero attached hydrogens (tertiary/aromatic N) is 2. The van der Waals surface area contributed by atoms with Crippen LogP contribution >= 0.6 is 22.6 Å². The summed E-state index contributed by atoms with van der Waals surface area (Å²) in [7, 11) is 0. The monoisotopic (exact) mass is 431 g/mol. The van der Waals surface area contributed by atoms with E-state index < -0.39 is 5.60 Å². The minimum atomic E-state index is -0.447. The van der Waals surface area contributed by atoms with E-state index in [4.69, 9.17) is 10.5 Å². The van der Waals surface area contributed by atoms with Crippen molar-refractivity contribution < 1.29 is 9.53 Å². The fourth-order valence-electron chi connectivity index (χ4n) is 2.59. The van der Waals surface area contributed by atoms with Crippen LogP contribution in [0.25, 0.3) is 0 Å². The van der Waals surface area contributed by atoms with Crippen molar-refractivity contribution in [1.29, 1.82) is 0 Å². The second-order valence-corrected chi connectivity index (χ2v) is 8.03. The molecule has 0 spiro atoms. The van der Waals surface area contributed by atoms with Gasteiger partial charge in [-0.2, -0.15) is 0 Å². The molecule has 2 rings (SSSR count). The van der Waals surface area contributed by atoms with Gasteiger partial charge in [-0.05, 0) is 73.5 Å². The lowest BCUT2D eigenvalue weighted by molar-refractivity contribution is 0.0240. The molecule has 0 saturated carbocycles. The second kappa shape index (κ2) is 7.25. The number of hydrogen-bond acceptors (Lipinski definition) is 4. The summed E-state index contributed by atoms with van der Waals surface area (Å²) < 4.78 is 6.67. The molecule has 6 heteroatoms. The summed E-state index contributed by atoms with van der Waals surface area (Å²) in [6.45, 7) is 11.3. The van der Waals surface area contributed by atoms with Gasteiger partial charge >= 0.3 is 6.09 Å². The van der Waals surface area contributed by atoms with E-state index in [1.54, 1.807) is 4.90 Å². The van der Waals surface area contributed by atoms with E-state index in [9.17, 15) is 4.79 Å². The Labute approximate surface area is 152 Å². The Morgan fingerprint density at radius 3 is 2.39 bits per heavy atom. The highest BCUT2D eigenvalue weighted by Crippen LogP contribution is 2.25. The average Bonchev–Trinajstić information content (AvgIpc) is 2.48. The van der Waals surface area contributed by atoms with Crippen molar-refractivity contribution in [3.8, 4) is 0 Å². The van der Waals surface area contributed by atoms with Gasteiger partial charge in [0.05, 0.1) is 0 Å². The third-order valence-corrected chi connectivity index (χ3v) is 5.07. The first-order valence-electron chi connectivity index (χ1n) is 7.93. The molecule has 5 nitrogen and oxygen atoms in total. The number of anilines is 1. The normalized spacial score (nSPS) is 15.7. The molecule has 1 aromatic rings. The molecule has 0 aliphatic carbocycles. The Hall–Kier alpha value is -1.02. The van der Waals surface area contributed by atoms with E-state index in [1.165, 1.54) is 20.4 Å². The zero-order valence-corrected chi connectivity index (χ0v) is 16.5. The predicted molar refractivity (Wildman–Crippen MR) is 102 cm³/mol. The summed E-state index contributed by atoms with van der Waals surface area (Å²) in [5, 5.41) is 0. The number of rotatable bonds is 2. The van der Waals surface area contributed by atoms with E-state index in [-0.39, 0.29) is 6.09 Å². The van der Waals surface area contributed by atoms with Crippen LogP contribution in [-0.4, -0.2) is 42.8 Å². The van der Waals surface area contributed by atoms with Crippen molar-refractivity contribution >= 4 is 34.4 Å². The van der Waals surface area contributed by atoms with Gasteiger partial charge in [0.2, 0.25) is 0 Å². The van der Waals surface area contributed by atoms with E-state index in [0.29, 0.717) is 19.6 Å². The number of amides is 1. The van der Waals surface area contributed by atoms with Crippen molar-refractivity contribution in [3.05, 3.63) is 26.8 Å². The van der Waals surface area contributed by atoms with Gasteiger partial charge < -0.3 is 20.3 Å². The Kier molecular flexibility index (Phi) is 5.78. The molecule has 0 atom stereocenters. The molecule has 128 valence electrons. The summed E-state index contributed by atoms with van der Waals surface area (Å²) in [6.07, 6.45) is -0.224. The van der Waals surface area contributed by atoms with Crippen LogP contribution in [-0.2, 0) is 11.3 Å². The van der Waals surface area contributed by atoms with E-state index >= 15 is 0 Å². The van der Waals surface area contributed by atoms with Crippen molar-refractivity contribution in [2.75, 3.05) is 31.1 Å². The smallest absolute Gasteiger partial charge is 0.410 e. The quantitative estimate of drug-likeness (QED) is 0.732. The van der Waals surface area contributed by atoms with Gasteiger partial charge in [0.15, 0.2) is 0 Å². The molecular formula is C17H26IN3O2. The number of benzene rings is 1. The van der Waals surface area contributed by atoms with E-state index in [1.807, 2.05) is 20.8 Å². The summed E-state index contributed by atoms with van der Waals surface area (Å²) in [6, 6.07) is 4.36. The highest BCUT2D eigenvalue weighted by molar-refractivity contribution is 14.1. The van der Waals surface area contributed by atoms with Gasteiger partial charge in [0.1, 0.15) is 5.60 Å². The molecule has 1 aromatic carbocycles. The van der Waals surface area contributed by atoms with Gasteiger partial charge in [0, 0.05) is 42.0 Å². The van der Waals surface area contributed by atoms with Crippen LogP contribution in [0.4, 0.5) is 10.5 Å². The van der Waals surface area contributed by atoms with Crippen LogP contribution in [0.5, 0.6) is 0 Å². The number of carbonyl (C=O) groups is 1. The van der Waals surface area contributed by atoms with Crippen LogP contribution in [0.2, 0.25) is 0 Å². The minimum Gasteiger partial charge on any atom is -0.444 e. The molecule has 1 heterocycles. The first-order valence-corrected chi connectivity index (χ1v) is 9.01. The average molecular weight is 431 g/mol. The van der Waals surface area contributed by atoms with Crippen molar-refractivity contribution in [2.24, 2.45) is 5.73 Å². The van der Waals surface area contributed by atoms with E-state index in [2.05, 4.69) is 46.5 Å². The lowest BCUT2D eigenvalue weighted by Crippen LogP contribution is -2.50. The molecule has 2 N–H and O–H groups in total. The maximum absolute atomic E-state index is 12.1. The molecular weight excluding hydrogens is 405 g/mol. The third kappa shape index (κ3) is 4.73. The fraction of sp³-hybridized carbons (Fsp3) is 0.588. The van der Waals surface area contributed by atoms with E-state index in [0.717, 1.165) is 13.1 Å². The molecule has 1 fully saturated rings. The highest BCUT2D eigenvalue weighted by Gasteiger charge is 2.26. The molecule has 0 radical (unpaired) electrons. The van der Waals surface area contributed by atoms with Crippen LogP contribution in [0.1, 0.15) is 31.9 Å². The number of piperazine rings is 1. The highest BCUT2D eigenvalue weighted by atomic mass is 127. The largest absolute Gasteiger partial charge is 0.444 e. The van der Waals surface area contributed by atoms with Gasteiger partial charge in [-0.1, -0.05) is 0 Å². The standard InChI is InChI=1S/C17H26IN3O2/c1-12-13(11-19)9-14(10-15(12)18)20-5-7-21(8-6-20)16(22)23-17(2,3)4/h9-10H,5-8,11,19H2,1-4H3. The van der Waals surface area contributed by atoms with Crippen LogP contribution in [0.3, 0.4) is 0 Å².